The number of carbonyl (C=O) groups is 3. The molecule has 0 unspecified atom stereocenters. The fourth-order valence-electron chi connectivity index (χ4n) is 14.8. The molecule has 0 bridgehead atoms. The van der Waals surface area contributed by atoms with Gasteiger partial charge >= 0.3 is 8.80 Å². The maximum absolute atomic E-state index is 13.9. The number of aliphatic hydroxyl groups excluding tert-OH is 6. The van der Waals surface area contributed by atoms with Gasteiger partial charge in [-0.3, -0.25) is 14.4 Å². The first kappa shape index (κ1) is 104. The Morgan fingerprint density at radius 1 is 0.255 bits per heavy atom. The Labute approximate surface area is 656 Å². The highest BCUT2D eigenvalue weighted by Gasteiger charge is 2.49. The molecule has 0 heterocycles. The second kappa shape index (κ2) is 74.6. The minimum absolute atomic E-state index is 0.119. The molecule has 16 nitrogen and oxygen atoms in total. The van der Waals surface area contributed by atoms with E-state index in [0.29, 0.717) is 36.7 Å². The third-order valence-corrected chi connectivity index (χ3v) is 25.3. The Bertz CT molecular complexity index is 1730. The van der Waals surface area contributed by atoms with Gasteiger partial charge in [0.2, 0.25) is 17.7 Å². The van der Waals surface area contributed by atoms with Crippen LogP contribution >= 0.6 is 0 Å². The van der Waals surface area contributed by atoms with Crippen LogP contribution < -0.4 is 16.0 Å². The summed E-state index contributed by atoms with van der Waals surface area (Å²) in [6.45, 7) is 5.06. The smallest absolute Gasteiger partial charge is 0.394 e. The van der Waals surface area contributed by atoms with E-state index in [2.05, 4.69) is 57.7 Å². The van der Waals surface area contributed by atoms with Crippen LogP contribution in [-0.4, -0.2) is 165 Å². The molecule has 17 heteroatoms. The van der Waals surface area contributed by atoms with E-state index in [1.165, 1.54) is 302 Å². The summed E-state index contributed by atoms with van der Waals surface area (Å²) < 4.78 is 21.4. The number of amides is 3. The molecule has 3 amide bonds. The van der Waals surface area contributed by atoms with Crippen molar-refractivity contribution in [1.29, 1.82) is 0 Å². The van der Waals surface area contributed by atoms with Crippen molar-refractivity contribution in [1.82, 2.24) is 16.0 Å². The lowest BCUT2D eigenvalue weighted by molar-refractivity contribution is -0.890. The lowest BCUT2D eigenvalue weighted by Crippen LogP contribution is -2.64. The van der Waals surface area contributed by atoms with Crippen molar-refractivity contribution in [2.24, 2.45) is 0 Å². The monoisotopic (exact) mass is 1530 g/mol. The second-order valence-corrected chi connectivity index (χ2v) is 36.6. The van der Waals surface area contributed by atoms with Gasteiger partial charge in [0.05, 0.1) is 86.6 Å². The van der Waals surface area contributed by atoms with Crippen LogP contribution in [0.1, 0.15) is 445 Å². The van der Waals surface area contributed by atoms with Crippen molar-refractivity contribution in [2.75, 3.05) is 86.6 Å². The summed E-state index contributed by atoms with van der Waals surface area (Å²) in [7, 11) is 0.0181. The van der Waals surface area contributed by atoms with E-state index in [4.69, 9.17) is 13.3 Å². The number of hydrogen-bond acceptors (Lipinski definition) is 12. The van der Waals surface area contributed by atoms with Crippen molar-refractivity contribution in [2.45, 2.75) is 468 Å². The highest BCUT2D eigenvalue weighted by atomic mass is 28.4. The van der Waals surface area contributed by atoms with Crippen LogP contribution in [0, 0.1) is 0 Å². The molecule has 0 aromatic heterocycles. The first-order valence-electron chi connectivity index (χ1n) is 45.9. The van der Waals surface area contributed by atoms with E-state index in [1.807, 2.05) is 0 Å². The number of rotatable bonds is 87. The summed E-state index contributed by atoms with van der Waals surface area (Å²) in [4.78, 5) is 41.6. The molecule has 632 valence electrons. The number of hydrogen-bond donors (Lipinski definition) is 9. The number of quaternary nitrogens is 1. The SMILES string of the molecule is CCCCCCCCCCCCCCCCCC[N+](C)(C)CCC[Si](OCC(CO)(CO)NC(=O)CCCCCCCCCCCCCCCCC)(OCC(CO)(CO)NC(=O)CCCCCCCCCCCCCCCCC)OCC(CO)(CO)NC(=O)CCCCCCCCCCCCCCCCC. The van der Waals surface area contributed by atoms with Gasteiger partial charge < -0.3 is 64.4 Å². The molecule has 0 aliphatic heterocycles. The third-order valence-electron chi connectivity index (χ3n) is 22.6. The lowest BCUT2D eigenvalue weighted by atomic mass is 10.0. The first-order valence-corrected chi connectivity index (χ1v) is 47.9. The average Bonchev–Trinajstić information content (AvgIpc) is 0.770. The van der Waals surface area contributed by atoms with Gasteiger partial charge in [-0.1, -0.05) is 387 Å². The Morgan fingerprint density at radius 3 is 0.594 bits per heavy atom. The quantitative estimate of drug-likeness (QED) is 0.0157. The van der Waals surface area contributed by atoms with Crippen molar-refractivity contribution in [3.05, 3.63) is 0 Å². The molecule has 0 radical (unpaired) electrons. The Kier molecular flexibility index (Phi) is 73.4. The average molecular weight is 1530 g/mol. The Balaban J connectivity index is 6.58. The van der Waals surface area contributed by atoms with E-state index in [1.54, 1.807) is 0 Å². The van der Waals surface area contributed by atoms with Crippen LogP contribution in [0.15, 0.2) is 0 Å². The molecule has 0 saturated carbocycles. The van der Waals surface area contributed by atoms with Crippen LogP contribution in [0.3, 0.4) is 0 Å². The van der Waals surface area contributed by atoms with Gasteiger partial charge in [0.25, 0.3) is 0 Å². The van der Waals surface area contributed by atoms with E-state index in [0.717, 1.165) is 77.2 Å². The minimum atomic E-state index is -4.37. The maximum atomic E-state index is 13.9. The second-order valence-electron chi connectivity index (χ2n) is 33.9. The predicted octanol–water partition coefficient (Wildman–Crippen LogP) is 21.0. The van der Waals surface area contributed by atoms with Crippen LogP contribution in [0.5, 0.6) is 0 Å². The zero-order valence-corrected chi connectivity index (χ0v) is 72.0. The highest BCUT2D eigenvalue weighted by molar-refractivity contribution is 6.60. The van der Waals surface area contributed by atoms with E-state index < -0.39 is 84.9 Å². The summed E-state index contributed by atoms with van der Waals surface area (Å²) in [5.41, 5.74) is -5.09. The first-order chi connectivity index (χ1) is 51.6. The van der Waals surface area contributed by atoms with E-state index >= 15 is 0 Å². The van der Waals surface area contributed by atoms with E-state index in [-0.39, 0.29) is 43.0 Å². The summed E-state index contributed by atoms with van der Waals surface area (Å²) in [6.07, 6.45) is 75.6. The van der Waals surface area contributed by atoms with Gasteiger partial charge in [-0.05, 0) is 32.1 Å². The fourth-order valence-corrected chi connectivity index (χ4v) is 17.6. The summed E-state index contributed by atoms with van der Waals surface area (Å²) in [5, 5.41) is 75.8. The molecular formula is C89H181N4O12Si+. The predicted molar refractivity (Wildman–Crippen MR) is 448 cm³/mol. The number of unbranched alkanes of at least 4 members (excludes halogenated alkanes) is 57. The van der Waals surface area contributed by atoms with E-state index in [9.17, 15) is 45.0 Å². The Hall–Kier alpha value is -1.77. The standard InChI is InChI=1S/C89H180N4O12Si/c1-7-11-15-19-23-27-31-35-39-43-47-51-55-59-63-67-72-93(5,6)73-68-74-106(103-81-87(75-94,76-95)90-84(100)69-64-60-56-52-48-44-40-36-32-28-24-20-16-12-8-2,104-82-88(77-96,78-97)91-85(101)70-65-61-57-53-49-45-41-37-33-29-25-21-17-13-9-3)105-83-89(79-98,80-99)92-86(102)71-66-62-58-54-50-46-42-38-34-30-26-22-18-14-10-4/h94-99H,7-83H2,1-6H3,(H2-,90,91,92,100,101,102)/p+1. The van der Waals surface area contributed by atoms with Gasteiger partial charge in [-0.25, -0.2) is 0 Å². The van der Waals surface area contributed by atoms with Gasteiger partial charge in [-0.15, -0.1) is 0 Å². The summed E-state index contributed by atoms with van der Waals surface area (Å²) >= 11 is 0. The van der Waals surface area contributed by atoms with Crippen molar-refractivity contribution >= 4 is 26.5 Å². The molecule has 9 N–H and O–H groups in total. The van der Waals surface area contributed by atoms with Crippen LogP contribution in [-0.2, 0) is 27.7 Å². The normalized spacial score (nSPS) is 12.5. The highest BCUT2D eigenvalue weighted by Crippen LogP contribution is 2.28. The Morgan fingerprint density at radius 2 is 0.415 bits per heavy atom. The molecule has 0 atom stereocenters. The molecular weight excluding hydrogens is 1350 g/mol. The summed E-state index contributed by atoms with van der Waals surface area (Å²) in [5.74, 6) is -1.05. The van der Waals surface area contributed by atoms with Gasteiger partial charge in [-0.2, -0.15) is 0 Å². The molecule has 0 saturated heterocycles. The fraction of sp³-hybridized carbons (Fsp3) is 0.966. The number of aliphatic hydroxyl groups is 6. The van der Waals surface area contributed by atoms with Crippen LogP contribution in [0.25, 0.3) is 0 Å². The maximum Gasteiger partial charge on any atom is 0.501 e. The minimum Gasteiger partial charge on any atom is -0.394 e. The van der Waals surface area contributed by atoms with Crippen LogP contribution in [0.2, 0.25) is 6.04 Å². The molecule has 0 aliphatic rings. The number of carbonyl (C=O) groups excluding carboxylic acids is 3. The lowest BCUT2D eigenvalue weighted by Gasteiger charge is -2.41. The van der Waals surface area contributed by atoms with Crippen LogP contribution in [0.4, 0.5) is 0 Å². The molecule has 0 aromatic rings. The van der Waals surface area contributed by atoms with Crippen molar-refractivity contribution in [3.63, 3.8) is 0 Å². The molecule has 0 fully saturated rings. The third kappa shape index (κ3) is 61.8. The van der Waals surface area contributed by atoms with Gasteiger partial charge in [0.15, 0.2) is 0 Å². The largest absolute Gasteiger partial charge is 0.501 e. The molecule has 0 spiro atoms. The molecule has 0 aromatic carbocycles. The molecule has 106 heavy (non-hydrogen) atoms. The van der Waals surface area contributed by atoms with Crippen molar-refractivity contribution < 1.29 is 62.8 Å². The van der Waals surface area contributed by atoms with Gasteiger partial charge in [0, 0.05) is 31.7 Å². The summed E-state index contributed by atoms with van der Waals surface area (Å²) in [6, 6.07) is 0.119. The molecule has 0 aliphatic carbocycles. The van der Waals surface area contributed by atoms with Gasteiger partial charge in [0.1, 0.15) is 16.6 Å². The zero-order chi connectivity index (χ0) is 77.9. The number of nitrogens with zero attached hydrogens (tertiary/aromatic N) is 1. The van der Waals surface area contributed by atoms with Crippen molar-refractivity contribution in [3.8, 4) is 0 Å². The molecule has 0 rings (SSSR count). The number of nitrogens with one attached hydrogen (secondary N) is 3. The topological polar surface area (TPSA) is 236 Å². The zero-order valence-electron chi connectivity index (χ0n) is 71.0.